The van der Waals surface area contributed by atoms with Crippen LogP contribution in [0.25, 0.3) is 10.6 Å². The van der Waals surface area contributed by atoms with Crippen molar-refractivity contribution in [3.63, 3.8) is 0 Å². The number of para-hydroxylation sites is 1. The Bertz CT molecular complexity index is 1540. The van der Waals surface area contributed by atoms with Crippen LogP contribution in [0.2, 0.25) is 0 Å². The summed E-state index contributed by atoms with van der Waals surface area (Å²) in [5, 5.41) is 20.3. The van der Waals surface area contributed by atoms with Crippen LogP contribution in [0.15, 0.2) is 30.5 Å². The van der Waals surface area contributed by atoms with Crippen LogP contribution in [0.3, 0.4) is 0 Å². The van der Waals surface area contributed by atoms with Crippen molar-refractivity contribution in [1.82, 2.24) is 30.7 Å². The summed E-state index contributed by atoms with van der Waals surface area (Å²) in [5.74, 6) is -0.0658. The standard InChI is InChI=1S/C28H39B3N8O4S/c1-27(2,14-39(3)4)13-33-24(41)19-12-32-26(44-19)16-7-6-8-17(22(16)43-5)34-18-11-20(35-23(40)15-9-10-15)37-38-21(18)25(42)36-28(29,30)31/h6-8,11-12,15H,9-10,13-14,29-31H2,1-5H3,(H,33,41)(H,36,42)(H2,34,35,37,40). The van der Waals surface area contributed by atoms with Gasteiger partial charge in [0.05, 0.1) is 30.2 Å². The zero-order valence-corrected chi connectivity index (χ0v) is 27.4. The molecule has 0 atom stereocenters. The van der Waals surface area contributed by atoms with Crippen LogP contribution in [-0.4, -0.2) is 101 Å². The summed E-state index contributed by atoms with van der Waals surface area (Å²) in [6.45, 7) is 5.57. The average Bonchev–Trinajstić information content (AvgIpc) is 3.67. The first-order valence-electron chi connectivity index (χ1n) is 14.5. The Labute approximate surface area is 264 Å². The van der Waals surface area contributed by atoms with Gasteiger partial charge in [-0.2, -0.15) is 0 Å². The van der Waals surface area contributed by atoms with Gasteiger partial charge in [-0.25, -0.2) is 4.98 Å². The molecule has 1 fully saturated rings. The Hall–Kier alpha value is -3.91. The lowest BCUT2D eigenvalue weighted by Gasteiger charge is -2.28. The van der Waals surface area contributed by atoms with Gasteiger partial charge in [-0.1, -0.05) is 19.9 Å². The van der Waals surface area contributed by atoms with E-state index in [1.54, 1.807) is 18.3 Å². The second-order valence-electron chi connectivity index (χ2n) is 13.1. The average molecular weight is 616 g/mol. The van der Waals surface area contributed by atoms with E-state index in [9.17, 15) is 14.4 Å². The number of amides is 3. The SMILES string of the molecule is BC(B)(B)NC(=O)c1nnc(NC(=O)C2CC2)cc1Nc1cccc(-c2ncc(C(=O)NCC(C)(C)CN(C)C)s2)c1OC. The van der Waals surface area contributed by atoms with Gasteiger partial charge in [-0.05, 0) is 49.7 Å². The van der Waals surface area contributed by atoms with E-state index < -0.39 is 11.1 Å². The molecule has 44 heavy (non-hydrogen) atoms. The first kappa shape index (κ1) is 33.0. The lowest BCUT2D eigenvalue weighted by Crippen LogP contribution is -2.50. The Kier molecular flexibility index (Phi) is 10.0. The number of thiazole rings is 1. The number of carbonyl (C=O) groups is 3. The van der Waals surface area contributed by atoms with Crippen molar-refractivity contribution in [2.24, 2.45) is 11.3 Å². The zero-order chi connectivity index (χ0) is 32.2. The van der Waals surface area contributed by atoms with E-state index in [2.05, 4.69) is 55.2 Å². The molecule has 0 radical (unpaired) electrons. The molecule has 4 N–H and O–H groups in total. The number of ether oxygens (including phenoxy) is 1. The number of carbonyl (C=O) groups excluding carboxylic acids is 3. The molecule has 0 unspecified atom stereocenters. The second-order valence-corrected chi connectivity index (χ2v) is 14.1. The molecule has 1 aliphatic carbocycles. The predicted molar refractivity (Wildman–Crippen MR) is 181 cm³/mol. The van der Waals surface area contributed by atoms with Gasteiger partial charge in [0.25, 0.3) is 11.8 Å². The van der Waals surface area contributed by atoms with Crippen LogP contribution < -0.4 is 26.0 Å². The van der Waals surface area contributed by atoms with Crippen molar-refractivity contribution >= 4 is 69.8 Å². The van der Waals surface area contributed by atoms with Crippen molar-refractivity contribution in [3.05, 3.63) is 41.0 Å². The number of nitrogens with zero attached hydrogens (tertiary/aromatic N) is 4. The number of rotatable bonds is 13. The van der Waals surface area contributed by atoms with E-state index >= 15 is 0 Å². The topological polar surface area (TPSA) is 150 Å². The number of nitrogens with one attached hydrogen (secondary N) is 4. The van der Waals surface area contributed by atoms with Crippen molar-refractivity contribution in [2.45, 2.75) is 31.9 Å². The molecule has 1 saturated carbocycles. The van der Waals surface area contributed by atoms with Crippen LogP contribution >= 0.6 is 11.3 Å². The minimum Gasteiger partial charge on any atom is -0.494 e. The fourth-order valence-electron chi connectivity index (χ4n) is 4.68. The minimum absolute atomic E-state index is 0.0244. The van der Waals surface area contributed by atoms with E-state index in [1.165, 1.54) is 18.4 Å². The molecule has 0 aliphatic heterocycles. The summed E-state index contributed by atoms with van der Waals surface area (Å²) in [5.41, 5.74) is 1.50. The third kappa shape index (κ3) is 8.82. The molecule has 230 valence electrons. The maximum absolute atomic E-state index is 13.2. The minimum atomic E-state index is -0.510. The Morgan fingerprint density at radius 2 is 1.82 bits per heavy atom. The molecule has 1 aliphatic rings. The smallest absolute Gasteiger partial charge is 0.272 e. The van der Waals surface area contributed by atoms with Gasteiger partial charge in [0.1, 0.15) is 33.4 Å². The third-order valence-electron chi connectivity index (χ3n) is 6.62. The molecule has 1 aromatic carbocycles. The molecule has 4 rings (SSSR count). The molecule has 3 amide bonds. The summed E-state index contributed by atoms with van der Waals surface area (Å²) >= 11 is 1.26. The number of hydrogen-bond acceptors (Lipinski definition) is 10. The lowest BCUT2D eigenvalue weighted by atomic mass is 9.49. The van der Waals surface area contributed by atoms with Crippen LogP contribution in [0.4, 0.5) is 17.2 Å². The Morgan fingerprint density at radius 3 is 2.45 bits per heavy atom. The highest BCUT2D eigenvalue weighted by atomic mass is 32.1. The molecule has 2 aromatic heterocycles. The van der Waals surface area contributed by atoms with E-state index in [4.69, 9.17) is 4.74 Å². The maximum Gasteiger partial charge on any atom is 0.272 e. The first-order chi connectivity index (χ1) is 20.7. The predicted octanol–water partition coefficient (Wildman–Crippen LogP) is 0.259. The Morgan fingerprint density at radius 1 is 1.09 bits per heavy atom. The van der Waals surface area contributed by atoms with Crippen LogP contribution in [0.1, 0.15) is 46.8 Å². The van der Waals surface area contributed by atoms with Crippen molar-refractivity contribution < 1.29 is 19.1 Å². The number of hydrogen-bond donors (Lipinski definition) is 4. The quantitative estimate of drug-likeness (QED) is 0.199. The highest BCUT2D eigenvalue weighted by Gasteiger charge is 2.30. The Balaban J connectivity index is 1.61. The summed E-state index contributed by atoms with van der Waals surface area (Å²) < 4.78 is 5.81. The summed E-state index contributed by atoms with van der Waals surface area (Å²) in [4.78, 5) is 45.6. The van der Waals surface area contributed by atoms with Gasteiger partial charge in [-0.15, -0.1) is 21.5 Å². The largest absolute Gasteiger partial charge is 0.494 e. The van der Waals surface area contributed by atoms with Crippen LogP contribution in [0, 0.1) is 11.3 Å². The number of aromatic nitrogens is 3. The first-order valence-corrected chi connectivity index (χ1v) is 15.3. The fraction of sp³-hybridized carbons (Fsp3) is 0.429. The van der Waals surface area contributed by atoms with Crippen molar-refractivity contribution in [1.29, 1.82) is 0 Å². The highest BCUT2D eigenvalue weighted by molar-refractivity contribution is 7.17. The van der Waals surface area contributed by atoms with Gasteiger partial charge in [0.2, 0.25) is 5.91 Å². The molecule has 12 nitrogen and oxygen atoms in total. The maximum atomic E-state index is 13.2. The lowest BCUT2D eigenvalue weighted by molar-refractivity contribution is -0.117. The molecular weight excluding hydrogens is 577 g/mol. The molecule has 0 spiro atoms. The van der Waals surface area contributed by atoms with E-state index in [-0.39, 0.29) is 34.7 Å². The van der Waals surface area contributed by atoms with E-state index in [1.807, 2.05) is 49.8 Å². The van der Waals surface area contributed by atoms with Crippen LogP contribution in [-0.2, 0) is 4.79 Å². The molecule has 2 heterocycles. The van der Waals surface area contributed by atoms with E-state index in [0.717, 1.165) is 19.4 Å². The second kappa shape index (κ2) is 13.4. The van der Waals surface area contributed by atoms with Crippen molar-refractivity contribution in [3.8, 4) is 16.3 Å². The summed E-state index contributed by atoms with van der Waals surface area (Å²) in [7, 11) is 11.2. The molecule has 0 bridgehead atoms. The van der Waals surface area contributed by atoms with Crippen LogP contribution in [0.5, 0.6) is 5.75 Å². The normalized spacial score (nSPS) is 13.3. The molecule has 0 saturated heterocycles. The van der Waals surface area contributed by atoms with Gasteiger partial charge >= 0.3 is 0 Å². The highest BCUT2D eigenvalue weighted by Crippen LogP contribution is 2.40. The summed E-state index contributed by atoms with van der Waals surface area (Å²) in [6.07, 6.45) is 3.24. The monoisotopic (exact) mass is 616 g/mol. The zero-order valence-electron chi connectivity index (χ0n) is 26.6. The third-order valence-corrected chi connectivity index (χ3v) is 7.65. The molecule has 3 aromatic rings. The van der Waals surface area contributed by atoms with E-state index in [0.29, 0.717) is 39.1 Å². The van der Waals surface area contributed by atoms with Gasteiger partial charge in [-0.3, -0.25) is 14.4 Å². The fourth-order valence-corrected chi connectivity index (χ4v) is 5.54. The number of benzene rings is 1. The number of methoxy groups -OCH3 is 1. The van der Waals surface area contributed by atoms with Crippen molar-refractivity contribution in [2.75, 3.05) is 44.9 Å². The van der Waals surface area contributed by atoms with Gasteiger partial charge < -0.3 is 30.9 Å². The molecular formula is C28H39B3N8O4S. The van der Waals surface area contributed by atoms with Gasteiger partial charge in [0, 0.05) is 25.1 Å². The molecule has 16 heteroatoms. The number of anilines is 3. The summed E-state index contributed by atoms with van der Waals surface area (Å²) in [6, 6.07) is 7.06. The van der Waals surface area contributed by atoms with Gasteiger partial charge in [0.15, 0.2) is 17.3 Å².